The zero-order chi connectivity index (χ0) is 14.9. The second-order valence-electron chi connectivity index (χ2n) is 4.39. The molecular formula is C12H18F3IO3. The fraction of sp³-hybridized carbons (Fsp3) is 0.750. The molecule has 0 bridgehead atoms. The van der Waals surface area contributed by atoms with Crippen molar-refractivity contribution >= 4 is 28.7 Å². The van der Waals surface area contributed by atoms with Gasteiger partial charge in [-0.05, 0) is 51.4 Å². The first-order valence-corrected chi connectivity index (χ1v) is 7.02. The van der Waals surface area contributed by atoms with Crippen molar-refractivity contribution in [3.05, 3.63) is 9.66 Å². The zero-order valence-corrected chi connectivity index (χ0v) is 13.1. The van der Waals surface area contributed by atoms with Crippen molar-refractivity contribution in [1.29, 1.82) is 0 Å². The van der Waals surface area contributed by atoms with Gasteiger partial charge >= 0.3 is 12.3 Å². The minimum Gasteiger partial charge on any atom is -0.434 e. The first-order chi connectivity index (χ1) is 8.70. The maximum atomic E-state index is 12.0. The smallest absolute Gasteiger partial charge is 0.434 e. The van der Waals surface area contributed by atoms with Gasteiger partial charge in [0.1, 0.15) is 0 Å². The van der Waals surface area contributed by atoms with Gasteiger partial charge in [-0.15, -0.1) is 0 Å². The lowest BCUT2D eigenvalue weighted by molar-refractivity contribution is -0.0801. The van der Waals surface area contributed by atoms with E-state index in [1.54, 1.807) is 22.6 Å². The molecule has 0 aliphatic rings. The maximum Gasteiger partial charge on any atom is 0.508 e. The van der Waals surface area contributed by atoms with Crippen LogP contribution in [0.15, 0.2) is 9.66 Å². The number of unbranched alkanes of at least 4 members (excludes halogenated alkanes) is 1. The van der Waals surface area contributed by atoms with Crippen LogP contribution >= 0.6 is 22.6 Å². The lowest BCUT2D eigenvalue weighted by atomic mass is 10.2. The van der Waals surface area contributed by atoms with E-state index in [-0.39, 0.29) is 22.2 Å². The number of ether oxygens (including phenoxy) is 2. The van der Waals surface area contributed by atoms with Gasteiger partial charge in [0, 0.05) is 6.08 Å². The Hall–Kier alpha value is -0.470. The topological polar surface area (TPSA) is 35.5 Å². The molecule has 0 radical (unpaired) electrons. The van der Waals surface area contributed by atoms with E-state index in [1.165, 1.54) is 0 Å². The van der Waals surface area contributed by atoms with Crippen molar-refractivity contribution in [3.8, 4) is 0 Å². The lowest BCUT2D eigenvalue weighted by Crippen LogP contribution is -2.12. The highest BCUT2D eigenvalue weighted by molar-refractivity contribution is 14.1. The number of rotatable bonds is 7. The highest BCUT2D eigenvalue weighted by Gasteiger charge is 2.23. The quantitative estimate of drug-likeness (QED) is 0.352. The molecule has 0 N–H and O–H groups in total. The van der Waals surface area contributed by atoms with E-state index in [9.17, 15) is 18.0 Å². The third-order valence-corrected chi connectivity index (χ3v) is 2.74. The van der Waals surface area contributed by atoms with Gasteiger partial charge in [0.15, 0.2) is 0 Å². The standard InChI is InChI=1S/C12H18F3IO3/c1-9(2)8-19-11(17)18-6-4-3-5-10(16)7-12(13,14)15/h7,9H,3-6,8H2,1-2H3/b10-7+. The van der Waals surface area contributed by atoms with E-state index in [0.717, 1.165) is 0 Å². The molecule has 0 amide bonds. The van der Waals surface area contributed by atoms with Gasteiger partial charge in [-0.2, -0.15) is 13.2 Å². The van der Waals surface area contributed by atoms with Crippen LogP contribution < -0.4 is 0 Å². The largest absolute Gasteiger partial charge is 0.508 e. The second kappa shape index (κ2) is 9.44. The van der Waals surface area contributed by atoms with E-state index in [2.05, 4.69) is 0 Å². The van der Waals surface area contributed by atoms with E-state index in [4.69, 9.17) is 9.47 Å². The summed E-state index contributed by atoms with van der Waals surface area (Å²) in [6, 6.07) is 0. The van der Waals surface area contributed by atoms with Crippen molar-refractivity contribution in [3.63, 3.8) is 0 Å². The van der Waals surface area contributed by atoms with Crippen LogP contribution in [0.1, 0.15) is 33.1 Å². The number of carbonyl (C=O) groups excluding carboxylic acids is 1. The fourth-order valence-corrected chi connectivity index (χ4v) is 1.81. The first kappa shape index (κ1) is 18.5. The maximum absolute atomic E-state index is 12.0. The molecule has 0 aromatic heterocycles. The molecule has 0 heterocycles. The average Bonchev–Trinajstić information content (AvgIpc) is 2.23. The molecule has 0 fully saturated rings. The van der Waals surface area contributed by atoms with Crippen molar-refractivity contribution in [2.45, 2.75) is 39.3 Å². The minimum atomic E-state index is -4.27. The van der Waals surface area contributed by atoms with Crippen LogP contribution in [0.2, 0.25) is 0 Å². The van der Waals surface area contributed by atoms with E-state index in [1.807, 2.05) is 13.8 Å². The van der Waals surface area contributed by atoms with Crippen LogP contribution in [0.4, 0.5) is 18.0 Å². The summed E-state index contributed by atoms with van der Waals surface area (Å²) < 4.78 is 45.7. The van der Waals surface area contributed by atoms with E-state index >= 15 is 0 Å². The molecule has 0 atom stereocenters. The van der Waals surface area contributed by atoms with Crippen molar-refractivity contribution in [1.82, 2.24) is 0 Å². The lowest BCUT2D eigenvalue weighted by Gasteiger charge is -2.08. The Labute approximate surface area is 124 Å². The van der Waals surface area contributed by atoms with Crippen LogP contribution in [0, 0.1) is 5.92 Å². The molecule has 0 saturated carbocycles. The van der Waals surface area contributed by atoms with Gasteiger partial charge < -0.3 is 9.47 Å². The second-order valence-corrected chi connectivity index (χ2v) is 5.78. The molecule has 0 aromatic carbocycles. The Bertz CT molecular complexity index is 301. The number of hydrogen-bond donors (Lipinski definition) is 0. The SMILES string of the molecule is CC(C)COC(=O)OCCCC/C(I)=C\C(F)(F)F. The Morgan fingerprint density at radius 3 is 2.42 bits per heavy atom. The Morgan fingerprint density at radius 2 is 1.89 bits per heavy atom. The van der Waals surface area contributed by atoms with Crippen LogP contribution in [0.3, 0.4) is 0 Å². The normalized spacial score (nSPS) is 12.7. The molecule has 0 aliphatic carbocycles. The molecule has 0 unspecified atom stereocenters. The highest BCUT2D eigenvalue weighted by Crippen LogP contribution is 2.24. The Kier molecular flexibility index (Phi) is 9.20. The van der Waals surface area contributed by atoms with Crippen LogP contribution in [-0.4, -0.2) is 25.5 Å². The summed E-state index contributed by atoms with van der Waals surface area (Å²) >= 11 is 1.66. The van der Waals surface area contributed by atoms with Crippen molar-refractivity contribution < 1.29 is 27.4 Å². The Balaban J connectivity index is 3.60. The van der Waals surface area contributed by atoms with Gasteiger partial charge in [0.25, 0.3) is 0 Å². The molecular weight excluding hydrogens is 376 g/mol. The predicted molar refractivity (Wildman–Crippen MR) is 74.1 cm³/mol. The number of allylic oxidation sites excluding steroid dienone is 2. The number of alkyl halides is 3. The van der Waals surface area contributed by atoms with E-state index < -0.39 is 12.3 Å². The van der Waals surface area contributed by atoms with Crippen LogP contribution in [0.5, 0.6) is 0 Å². The molecule has 0 aromatic rings. The van der Waals surface area contributed by atoms with Gasteiger partial charge in [0.05, 0.1) is 13.2 Å². The molecule has 112 valence electrons. The summed E-state index contributed by atoms with van der Waals surface area (Å²) in [6.07, 6.45) is -3.35. The summed E-state index contributed by atoms with van der Waals surface area (Å²) in [5, 5.41) is 0. The average molecular weight is 394 g/mol. The number of halogens is 4. The van der Waals surface area contributed by atoms with Crippen LogP contribution in [-0.2, 0) is 9.47 Å². The zero-order valence-electron chi connectivity index (χ0n) is 10.9. The molecule has 0 spiro atoms. The third kappa shape index (κ3) is 13.8. The first-order valence-electron chi connectivity index (χ1n) is 5.94. The molecule has 7 heteroatoms. The molecule has 0 saturated heterocycles. The van der Waals surface area contributed by atoms with E-state index in [0.29, 0.717) is 25.9 Å². The predicted octanol–water partition coefficient (Wildman–Crippen LogP) is 4.85. The summed E-state index contributed by atoms with van der Waals surface area (Å²) in [6.45, 7) is 4.27. The summed E-state index contributed by atoms with van der Waals surface area (Å²) in [5.41, 5.74) is 0. The van der Waals surface area contributed by atoms with Gasteiger partial charge in [-0.3, -0.25) is 0 Å². The number of hydrogen-bond acceptors (Lipinski definition) is 3. The van der Waals surface area contributed by atoms with Gasteiger partial charge in [-0.25, -0.2) is 4.79 Å². The minimum absolute atomic E-state index is 0.160. The van der Waals surface area contributed by atoms with Gasteiger partial charge in [-0.1, -0.05) is 13.8 Å². The fourth-order valence-electron chi connectivity index (χ4n) is 1.08. The third-order valence-electron chi connectivity index (χ3n) is 1.88. The molecule has 0 rings (SSSR count). The molecule has 0 aliphatic heterocycles. The number of carbonyl (C=O) groups is 1. The Morgan fingerprint density at radius 1 is 1.26 bits per heavy atom. The molecule has 19 heavy (non-hydrogen) atoms. The van der Waals surface area contributed by atoms with Crippen molar-refractivity contribution in [2.24, 2.45) is 5.92 Å². The summed E-state index contributed by atoms with van der Waals surface area (Å²) in [5.74, 6) is 0.238. The monoisotopic (exact) mass is 394 g/mol. The molecule has 3 nitrogen and oxygen atoms in total. The van der Waals surface area contributed by atoms with Gasteiger partial charge in [0.2, 0.25) is 0 Å². The summed E-state index contributed by atoms with van der Waals surface area (Å²) in [7, 11) is 0. The van der Waals surface area contributed by atoms with Crippen molar-refractivity contribution in [2.75, 3.05) is 13.2 Å². The highest BCUT2D eigenvalue weighted by atomic mass is 127. The van der Waals surface area contributed by atoms with Crippen LogP contribution in [0.25, 0.3) is 0 Å². The summed E-state index contributed by atoms with van der Waals surface area (Å²) in [4.78, 5) is 11.0.